The summed E-state index contributed by atoms with van der Waals surface area (Å²) in [6.07, 6.45) is 3.37. The second-order valence-electron chi connectivity index (χ2n) is 6.42. The van der Waals surface area contributed by atoms with Crippen molar-refractivity contribution in [3.05, 3.63) is 65.2 Å². The molecule has 0 aromatic heterocycles. The van der Waals surface area contributed by atoms with E-state index in [1.54, 1.807) is 26.2 Å². The first-order chi connectivity index (χ1) is 11.5. The Morgan fingerprint density at radius 3 is 2.58 bits per heavy atom. The molecule has 0 fully saturated rings. The Morgan fingerprint density at radius 1 is 1.08 bits per heavy atom. The molecule has 5 heteroatoms. The van der Waals surface area contributed by atoms with Crippen LogP contribution < -0.4 is 5.32 Å². The van der Waals surface area contributed by atoms with Crippen molar-refractivity contribution in [2.45, 2.75) is 36.7 Å². The molecule has 0 radical (unpaired) electrons. The van der Waals surface area contributed by atoms with Gasteiger partial charge in [0.1, 0.15) is 0 Å². The maximum absolute atomic E-state index is 12.5. The Labute approximate surface area is 144 Å². The van der Waals surface area contributed by atoms with Gasteiger partial charge in [-0.25, -0.2) is 12.7 Å². The molecular weight excluding hydrogens is 320 g/mol. The normalized spacial score (nSPS) is 17.7. The standard InChI is InChI=1S/C19H24N2O2S/c1-21(2)24(22,23)19-13-6-4-9-16(19)14-20-18-12-7-10-15-8-3-5-11-17(15)18/h3-6,8-9,11,13,18,20H,7,10,12,14H2,1-2H3/t18-/m1/s1. The van der Waals surface area contributed by atoms with E-state index in [0.717, 1.165) is 24.8 Å². The number of rotatable bonds is 5. The second kappa shape index (κ2) is 7.05. The highest BCUT2D eigenvalue weighted by atomic mass is 32.2. The summed E-state index contributed by atoms with van der Waals surface area (Å²) in [5.74, 6) is 0. The van der Waals surface area contributed by atoms with E-state index in [1.165, 1.54) is 15.4 Å². The number of benzene rings is 2. The van der Waals surface area contributed by atoms with Crippen molar-refractivity contribution in [2.24, 2.45) is 0 Å². The fourth-order valence-corrected chi connectivity index (χ4v) is 4.41. The number of aryl methyl sites for hydroxylation is 1. The van der Waals surface area contributed by atoms with Crippen molar-refractivity contribution < 1.29 is 8.42 Å². The number of sulfonamides is 1. The van der Waals surface area contributed by atoms with Crippen LogP contribution in [0, 0.1) is 0 Å². The zero-order valence-electron chi connectivity index (χ0n) is 14.2. The smallest absolute Gasteiger partial charge is 0.242 e. The number of nitrogens with zero attached hydrogens (tertiary/aromatic N) is 1. The van der Waals surface area contributed by atoms with E-state index in [4.69, 9.17) is 0 Å². The van der Waals surface area contributed by atoms with E-state index in [0.29, 0.717) is 11.4 Å². The van der Waals surface area contributed by atoms with Crippen molar-refractivity contribution >= 4 is 10.0 Å². The van der Waals surface area contributed by atoms with Crippen LogP contribution in [0.3, 0.4) is 0 Å². The summed E-state index contributed by atoms with van der Waals surface area (Å²) >= 11 is 0. The van der Waals surface area contributed by atoms with Gasteiger partial charge in [0.15, 0.2) is 0 Å². The molecule has 0 saturated heterocycles. The molecule has 0 amide bonds. The largest absolute Gasteiger partial charge is 0.306 e. The van der Waals surface area contributed by atoms with Gasteiger partial charge in [0.25, 0.3) is 0 Å². The lowest BCUT2D eigenvalue weighted by atomic mass is 9.87. The van der Waals surface area contributed by atoms with Gasteiger partial charge >= 0.3 is 0 Å². The van der Waals surface area contributed by atoms with Gasteiger partial charge in [-0.3, -0.25) is 0 Å². The van der Waals surface area contributed by atoms with Gasteiger partial charge < -0.3 is 5.32 Å². The molecule has 3 rings (SSSR count). The minimum atomic E-state index is -3.43. The molecule has 24 heavy (non-hydrogen) atoms. The lowest BCUT2D eigenvalue weighted by Crippen LogP contribution is -2.27. The third kappa shape index (κ3) is 3.38. The van der Waals surface area contributed by atoms with Crippen molar-refractivity contribution in [3.8, 4) is 0 Å². The molecule has 2 aromatic rings. The summed E-state index contributed by atoms with van der Waals surface area (Å²) in [7, 11) is -0.295. The average Bonchev–Trinajstić information content (AvgIpc) is 2.60. The number of hydrogen-bond donors (Lipinski definition) is 1. The number of hydrogen-bond acceptors (Lipinski definition) is 3. The minimum Gasteiger partial charge on any atom is -0.306 e. The highest BCUT2D eigenvalue weighted by Crippen LogP contribution is 2.30. The third-order valence-corrected chi connectivity index (χ3v) is 6.56. The summed E-state index contributed by atoms with van der Waals surface area (Å²) in [6.45, 7) is 0.544. The summed E-state index contributed by atoms with van der Waals surface area (Å²) in [5, 5.41) is 3.56. The van der Waals surface area contributed by atoms with E-state index >= 15 is 0 Å². The summed E-state index contributed by atoms with van der Waals surface area (Å²) in [5.41, 5.74) is 3.56. The topological polar surface area (TPSA) is 49.4 Å². The molecular formula is C19H24N2O2S. The molecule has 0 saturated carbocycles. The van der Waals surface area contributed by atoms with E-state index in [9.17, 15) is 8.42 Å². The van der Waals surface area contributed by atoms with Crippen LogP contribution in [0.25, 0.3) is 0 Å². The highest BCUT2D eigenvalue weighted by molar-refractivity contribution is 7.89. The van der Waals surface area contributed by atoms with Crippen molar-refractivity contribution in [1.82, 2.24) is 9.62 Å². The molecule has 1 aliphatic rings. The molecule has 2 aromatic carbocycles. The van der Waals surface area contributed by atoms with Gasteiger partial charge in [0, 0.05) is 26.7 Å². The molecule has 128 valence electrons. The predicted octanol–water partition coefficient (Wildman–Crippen LogP) is 3.10. The quantitative estimate of drug-likeness (QED) is 0.907. The molecule has 0 unspecified atom stereocenters. The number of fused-ring (bicyclic) bond motifs is 1. The first kappa shape index (κ1) is 17.1. The Balaban J connectivity index is 1.82. The van der Waals surface area contributed by atoms with Crippen molar-refractivity contribution in [3.63, 3.8) is 0 Å². The average molecular weight is 344 g/mol. The van der Waals surface area contributed by atoms with Crippen LogP contribution in [-0.4, -0.2) is 26.8 Å². The number of nitrogens with one attached hydrogen (secondary N) is 1. The molecule has 1 N–H and O–H groups in total. The SMILES string of the molecule is CN(C)S(=O)(=O)c1ccccc1CN[C@@H]1CCCc2ccccc21. The Hall–Kier alpha value is -1.69. The fourth-order valence-electron chi connectivity index (χ4n) is 3.30. The Kier molecular flexibility index (Phi) is 5.04. The molecule has 0 heterocycles. The maximum atomic E-state index is 12.5. The second-order valence-corrected chi connectivity index (χ2v) is 8.54. The summed E-state index contributed by atoms with van der Waals surface area (Å²) in [6, 6.07) is 16.0. The lowest BCUT2D eigenvalue weighted by Gasteiger charge is -2.27. The first-order valence-corrected chi connectivity index (χ1v) is 9.76. The van der Waals surface area contributed by atoms with Gasteiger partial charge in [-0.2, -0.15) is 0 Å². The van der Waals surface area contributed by atoms with E-state index in [-0.39, 0.29) is 6.04 Å². The Bertz CT molecular complexity index is 816. The molecule has 0 aliphatic heterocycles. The van der Waals surface area contributed by atoms with Gasteiger partial charge in [-0.05, 0) is 42.0 Å². The summed E-state index contributed by atoms with van der Waals surface area (Å²) in [4.78, 5) is 0.381. The van der Waals surface area contributed by atoms with E-state index in [2.05, 4.69) is 29.6 Å². The first-order valence-electron chi connectivity index (χ1n) is 8.32. The van der Waals surface area contributed by atoms with Gasteiger partial charge in [0.05, 0.1) is 4.90 Å². The lowest BCUT2D eigenvalue weighted by molar-refractivity contribution is 0.456. The van der Waals surface area contributed by atoms with Gasteiger partial charge in [-0.1, -0.05) is 42.5 Å². The van der Waals surface area contributed by atoms with Crippen molar-refractivity contribution in [1.29, 1.82) is 0 Å². The summed E-state index contributed by atoms with van der Waals surface area (Å²) < 4.78 is 26.3. The van der Waals surface area contributed by atoms with E-state index < -0.39 is 10.0 Å². The van der Waals surface area contributed by atoms with Crippen LogP contribution in [-0.2, 0) is 23.0 Å². The molecule has 4 nitrogen and oxygen atoms in total. The molecule has 0 bridgehead atoms. The zero-order valence-corrected chi connectivity index (χ0v) is 15.0. The third-order valence-electron chi connectivity index (χ3n) is 4.64. The van der Waals surface area contributed by atoms with Crippen LogP contribution >= 0.6 is 0 Å². The van der Waals surface area contributed by atoms with Gasteiger partial charge in [0.2, 0.25) is 10.0 Å². The monoisotopic (exact) mass is 344 g/mol. The highest BCUT2D eigenvalue weighted by Gasteiger charge is 2.23. The van der Waals surface area contributed by atoms with Crippen LogP contribution in [0.2, 0.25) is 0 Å². The molecule has 1 aliphatic carbocycles. The fraction of sp³-hybridized carbons (Fsp3) is 0.368. The zero-order chi connectivity index (χ0) is 17.2. The van der Waals surface area contributed by atoms with Gasteiger partial charge in [-0.15, -0.1) is 0 Å². The predicted molar refractivity (Wildman–Crippen MR) is 96.3 cm³/mol. The van der Waals surface area contributed by atoms with Crippen LogP contribution in [0.1, 0.15) is 35.6 Å². The minimum absolute atomic E-state index is 0.282. The Morgan fingerprint density at radius 2 is 1.79 bits per heavy atom. The van der Waals surface area contributed by atoms with Crippen LogP contribution in [0.15, 0.2) is 53.4 Å². The van der Waals surface area contributed by atoms with Crippen molar-refractivity contribution in [2.75, 3.05) is 14.1 Å². The maximum Gasteiger partial charge on any atom is 0.242 e. The van der Waals surface area contributed by atoms with Crippen LogP contribution in [0.5, 0.6) is 0 Å². The van der Waals surface area contributed by atoms with Crippen LogP contribution in [0.4, 0.5) is 0 Å². The molecule has 1 atom stereocenters. The van der Waals surface area contributed by atoms with E-state index in [1.807, 2.05) is 12.1 Å². The molecule has 0 spiro atoms.